The summed E-state index contributed by atoms with van der Waals surface area (Å²) in [6, 6.07) is 0. The molecule has 1 N–H and O–H groups in total. The van der Waals surface area contributed by atoms with Crippen LogP contribution in [0.4, 0.5) is 0 Å². The van der Waals surface area contributed by atoms with Crippen LogP contribution >= 0.6 is 0 Å². The monoisotopic (exact) mass is 166 g/mol. The van der Waals surface area contributed by atoms with Gasteiger partial charge in [-0.25, -0.2) is 0 Å². The van der Waals surface area contributed by atoms with Gasteiger partial charge in [0.1, 0.15) is 5.84 Å². The van der Waals surface area contributed by atoms with Crippen molar-refractivity contribution in [1.29, 1.82) is 0 Å². The van der Waals surface area contributed by atoms with Crippen molar-refractivity contribution in [3.05, 3.63) is 24.9 Å². The van der Waals surface area contributed by atoms with Gasteiger partial charge in [-0.15, -0.1) is 0 Å². The summed E-state index contributed by atoms with van der Waals surface area (Å²) >= 11 is 0. The highest BCUT2D eigenvalue weighted by molar-refractivity contribution is 5.98. The maximum atomic E-state index is 4.23. The van der Waals surface area contributed by atoms with Gasteiger partial charge in [0.2, 0.25) is 0 Å². The molecule has 0 amide bonds. The second-order valence-corrected chi connectivity index (χ2v) is 2.29. The average Bonchev–Trinajstić information content (AvgIpc) is 2.13. The fourth-order valence-electron chi connectivity index (χ4n) is 0.958. The van der Waals surface area contributed by atoms with Crippen molar-refractivity contribution < 1.29 is 0 Å². The van der Waals surface area contributed by atoms with E-state index in [1.807, 2.05) is 13.8 Å². The minimum atomic E-state index is 0.904. The van der Waals surface area contributed by atoms with E-state index in [0.29, 0.717) is 0 Å². The standard InChI is InChI=1S/C8H12N2.C2H6/c1-3-9-8-7(2)5-4-6-10-8;1-2/h3H,1-2,4-6H2,(H,9,10);1-2H3. The molecule has 0 aromatic heterocycles. The lowest BCUT2D eigenvalue weighted by atomic mass is 10.1. The predicted octanol–water partition coefficient (Wildman–Crippen LogP) is 2.49. The molecule has 0 aromatic carbocycles. The van der Waals surface area contributed by atoms with Crippen LogP contribution in [0.5, 0.6) is 0 Å². The van der Waals surface area contributed by atoms with Crippen molar-refractivity contribution in [3.63, 3.8) is 0 Å². The Morgan fingerprint density at radius 3 is 2.67 bits per heavy atom. The second-order valence-electron chi connectivity index (χ2n) is 2.29. The molecule has 0 radical (unpaired) electrons. The first-order valence-electron chi connectivity index (χ1n) is 4.44. The molecule has 0 aliphatic carbocycles. The third-order valence-electron chi connectivity index (χ3n) is 1.48. The number of nitrogens with one attached hydrogen (secondary N) is 1. The molecule has 0 bridgehead atoms. The van der Waals surface area contributed by atoms with Crippen molar-refractivity contribution in [2.45, 2.75) is 26.7 Å². The molecule has 1 aliphatic heterocycles. The zero-order valence-electron chi connectivity index (χ0n) is 8.06. The van der Waals surface area contributed by atoms with Gasteiger partial charge in [0, 0.05) is 6.54 Å². The number of hydrogen-bond donors (Lipinski definition) is 1. The number of hydrogen-bond acceptors (Lipinski definition) is 2. The molecule has 0 atom stereocenters. The summed E-state index contributed by atoms with van der Waals surface area (Å²) in [7, 11) is 0. The summed E-state index contributed by atoms with van der Waals surface area (Å²) in [5.74, 6) is 0.904. The summed E-state index contributed by atoms with van der Waals surface area (Å²) < 4.78 is 0. The lowest BCUT2D eigenvalue weighted by Gasteiger charge is -2.13. The number of nitrogens with zero attached hydrogens (tertiary/aromatic N) is 1. The van der Waals surface area contributed by atoms with Gasteiger partial charge in [-0.3, -0.25) is 4.99 Å². The van der Waals surface area contributed by atoms with Gasteiger partial charge >= 0.3 is 0 Å². The Morgan fingerprint density at radius 1 is 1.50 bits per heavy atom. The third kappa shape index (κ3) is 3.37. The first-order chi connectivity index (χ1) is 5.84. The Kier molecular flexibility index (Phi) is 6.07. The van der Waals surface area contributed by atoms with Crippen LogP contribution in [0.15, 0.2) is 29.9 Å². The molecule has 1 heterocycles. The minimum absolute atomic E-state index is 0.904. The summed E-state index contributed by atoms with van der Waals surface area (Å²) in [5, 5.41) is 2.95. The van der Waals surface area contributed by atoms with E-state index < -0.39 is 0 Å². The molecule has 0 aromatic rings. The van der Waals surface area contributed by atoms with Crippen LogP contribution in [0, 0.1) is 0 Å². The van der Waals surface area contributed by atoms with E-state index in [-0.39, 0.29) is 0 Å². The zero-order chi connectivity index (χ0) is 9.40. The maximum absolute atomic E-state index is 4.23. The highest BCUT2D eigenvalue weighted by Gasteiger charge is 2.06. The fraction of sp³-hybridized carbons (Fsp3) is 0.500. The zero-order valence-corrected chi connectivity index (χ0v) is 8.06. The largest absolute Gasteiger partial charge is 0.347 e. The molecule has 0 saturated heterocycles. The molecule has 0 saturated carbocycles. The summed E-state index contributed by atoms with van der Waals surface area (Å²) in [4.78, 5) is 4.23. The quantitative estimate of drug-likeness (QED) is 0.636. The highest BCUT2D eigenvalue weighted by atomic mass is 15.0. The molecule has 0 spiro atoms. The highest BCUT2D eigenvalue weighted by Crippen LogP contribution is 2.09. The lowest BCUT2D eigenvalue weighted by Crippen LogP contribution is -2.22. The maximum Gasteiger partial charge on any atom is 0.127 e. The second kappa shape index (κ2) is 6.65. The fourth-order valence-corrected chi connectivity index (χ4v) is 0.958. The van der Waals surface area contributed by atoms with Crippen molar-refractivity contribution in [1.82, 2.24) is 5.32 Å². The van der Waals surface area contributed by atoms with Crippen molar-refractivity contribution in [2.24, 2.45) is 4.99 Å². The van der Waals surface area contributed by atoms with E-state index in [1.165, 1.54) is 0 Å². The molecule has 0 unspecified atom stereocenters. The minimum Gasteiger partial charge on any atom is -0.347 e. The molecule has 12 heavy (non-hydrogen) atoms. The van der Waals surface area contributed by atoms with Gasteiger partial charge in [0.25, 0.3) is 0 Å². The first kappa shape index (κ1) is 11.0. The van der Waals surface area contributed by atoms with E-state index in [4.69, 9.17) is 0 Å². The van der Waals surface area contributed by atoms with Crippen LogP contribution in [0.3, 0.4) is 0 Å². The van der Waals surface area contributed by atoms with Gasteiger partial charge in [0.05, 0.1) is 0 Å². The third-order valence-corrected chi connectivity index (χ3v) is 1.48. The molecule has 0 fully saturated rings. The summed E-state index contributed by atoms with van der Waals surface area (Å²) in [6.07, 6.45) is 3.82. The van der Waals surface area contributed by atoms with E-state index in [0.717, 1.165) is 30.8 Å². The van der Waals surface area contributed by atoms with Crippen molar-refractivity contribution in [2.75, 3.05) is 6.54 Å². The van der Waals surface area contributed by atoms with E-state index >= 15 is 0 Å². The van der Waals surface area contributed by atoms with Crippen LogP contribution in [0.25, 0.3) is 0 Å². The molecule has 2 nitrogen and oxygen atoms in total. The van der Waals surface area contributed by atoms with Crippen LogP contribution < -0.4 is 5.32 Å². The molecule has 1 aliphatic rings. The van der Waals surface area contributed by atoms with Gasteiger partial charge in [-0.05, 0) is 24.6 Å². The molecule has 1 rings (SSSR count). The Hall–Kier alpha value is -1.05. The number of aliphatic imine (C=N–C) groups is 1. The number of amidine groups is 1. The Bertz CT molecular complexity index is 180. The van der Waals surface area contributed by atoms with E-state index in [1.54, 1.807) is 6.20 Å². The van der Waals surface area contributed by atoms with Gasteiger partial charge in [-0.1, -0.05) is 27.0 Å². The normalized spacial score (nSPS) is 15.5. The van der Waals surface area contributed by atoms with Gasteiger partial charge in [0.15, 0.2) is 0 Å². The van der Waals surface area contributed by atoms with Gasteiger partial charge in [-0.2, -0.15) is 0 Å². The Labute approximate surface area is 75.1 Å². The average molecular weight is 166 g/mol. The van der Waals surface area contributed by atoms with Crippen LogP contribution in [0.1, 0.15) is 26.7 Å². The number of rotatable bonds is 1. The molecular formula is C10H18N2. The Morgan fingerprint density at radius 2 is 2.17 bits per heavy atom. The van der Waals surface area contributed by atoms with E-state index in [2.05, 4.69) is 23.5 Å². The van der Waals surface area contributed by atoms with Crippen LogP contribution in [-0.4, -0.2) is 12.4 Å². The summed E-state index contributed by atoms with van der Waals surface area (Å²) in [6.45, 7) is 12.3. The SMILES string of the molecule is C=CNC1=NCCCC1=C.CC. The van der Waals surface area contributed by atoms with Crippen LogP contribution in [-0.2, 0) is 0 Å². The molecule has 68 valence electrons. The Balaban J connectivity index is 0.000000561. The van der Waals surface area contributed by atoms with Crippen molar-refractivity contribution >= 4 is 5.84 Å². The van der Waals surface area contributed by atoms with Crippen LogP contribution in [0.2, 0.25) is 0 Å². The first-order valence-corrected chi connectivity index (χ1v) is 4.44. The van der Waals surface area contributed by atoms with E-state index in [9.17, 15) is 0 Å². The molecular weight excluding hydrogens is 148 g/mol. The smallest absolute Gasteiger partial charge is 0.127 e. The van der Waals surface area contributed by atoms with Gasteiger partial charge < -0.3 is 5.32 Å². The summed E-state index contributed by atoms with van der Waals surface area (Å²) in [5.41, 5.74) is 1.09. The molecule has 2 heteroatoms. The topological polar surface area (TPSA) is 24.4 Å². The lowest BCUT2D eigenvalue weighted by molar-refractivity contribution is 0.805. The predicted molar refractivity (Wildman–Crippen MR) is 55.4 cm³/mol. The van der Waals surface area contributed by atoms with Crippen molar-refractivity contribution in [3.8, 4) is 0 Å².